The van der Waals surface area contributed by atoms with Crippen LogP contribution in [0.5, 0.6) is 0 Å². The number of piperidine rings is 2. The largest absolute Gasteiger partial charge is 0.481 e. The summed E-state index contributed by atoms with van der Waals surface area (Å²) in [4.78, 5) is 36.3. The molecule has 7 heteroatoms. The van der Waals surface area contributed by atoms with E-state index in [1.807, 2.05) is 4.90 Å². The predicted molar refractivity (Wildman–Crippen MR) is 81.0 cm³/mol. The lowest BCUT2D eigenvalue weighted by Crippen LogP contribution is -2.54. The third-order valence-corrected chi connectivity index (χ3v) is 5.75. The third kappa shape index (κ3) is 3.55. The Hall–Kier alpha value is -1.47. The van der Waals surface area contributed by atoms with Crippen molar-refractivity contribution in [1.29, 1.82) is 0 Å². The maximum atomic E-state index is 11.9. The van der Waals surface area contributed by atoms with Crippen molar-refractivity contribution in [2.24, 2.45) is 17.8 Å². The lowest BCUT2D eigenvalue weighted by molar-refractivity contribution is -0.148. The van der Waals surface area contributed by atoms with Crippen molar-refractivity contribution in [3.05, 3.63) is 0 Å². The van der Waals surface area contributed by atoms with Gasteiger partial charge in [0.1, 0.15) is 11.8 Å². The summed E-state index contributed by atoms with van der Waals surface area (Å²) >= 11 is 0. The van der Waals surface area contributed by atoms with Crippen molar-refractivity contribution in [3.63, 3.8) is 0 Å². The van der Waals surface area contributed by atoms with Crippen molar-refractivity contribution in [2.45, 2.75) is 44.2 Å². The van der Waals surface area contributed by atoms with Gasteiger partial charge < -0.3 is 15.5 Å². The van der Waals surface area contributed by atoms with Crippen LogP contribution in [0.4, 0.5) is 0 Å². The standard InChI is InChI=1S/C16H24N2O5/c19-13-4-11(15(20)21)7-18(8-13)12-2-1-9-6-17-14(16(22)23)5-10(9)3-12/h9-12,14,17H,1-8H2,(H,20,21)(H,22,23)/t9-,10+,11?,12-,14-/m0/s1. The molecule has 3 rings (SSSR count). The summed E-state index contributed by atoms with van der Waals surface area (Å²) in [7, 11) is 0. The first-order chi connectivity index (χ1) is 10.9. The topological polar surface area (TPSA) is 107 Å². The van der Waals surface area contributed by atoms with E-state index in [9.17, 15) is 24.6 Å². The number of hydrogen-bond acceptors (Lipinski definition) is 5. The zero-order chi connectivity index (χ0) is 16.6. The molecule has 5 atom stereocenters. The first kappa shape index (κ1) is 16.4. The lowest BCUT2D eigenvalue weighted by Gasteiger charge is -2.46. The van der Waals surface area contributed by atoms with Crippen LogP contribution in [0.3, 0.4) is 0 Å². The zero-order valence-corrected chi connectivity index (χ0v) is 13.1. The van der Waals surface area contributed by atoms with Crippen LogP contribution < -0.4 is 5.32 Å². The molecule has 3 fully saturated rings. The van der Waals surface area contributed by atoms with Crippen LogP contribution in [0.1, 0.15) is 32.1 Å². The molecule has 1 aliphatic carbocycles. The van der Waals surface area contributed by atoms with E-state index in [4.69, 9.17) is 0 Å². The molecule has 0 aromatic carbocycles. The first-order valence-corrected chi connectivity index (χ1v) is 8.38. The molecule has 2 aliphatic heterocycles. The minimum Gasteiger partial charge on any atom is -0.481 e. The van der Waals surface area contributed by atoms with Gasteiger partial charge in [0.25, 0.3) is 0 Å². The number of nitrogens with zero attached hydrogens (tertiary/aromatic N) is 1. The van der Waals surface area contributed by atoms with E-state index in [2.05, 4.69) is 5.32 Å². The molecule has 0 aromatic heterocycles. The second kappa shape index (κ2) is 6.57. The predicted octanol–water partition coefficient (Wildman–Crippen LogP) is 0.193. The van der Waals surface area contributed by atoms with Crippen molar-refractivity contribution in [2.75, 3.05) is 19.6 Å². The van der Waals surface area contributed by atoms with Gasteiger partial charge in [0.2, 0.25) is 0 Å². The van der Waals surface area contributed by atoms with Crippen LogP contribution in [0.25, 0.3) is 0 Å². The number of hydrogen-bond donors (Lipinski definition) is 3. The molecule has 128 valence electrons. The number of likely N-dealkylation sites (tertiary alicyclic amines) is 1. The Balaban J connectivity index is 1.64. The average Bonchev–Trinajstić information content (AvgIpc) is 2.53. The number of carboxylic acids is 2. The molecular formula is C16H24N2O5. The smallest absolute Gasteiger partial charge is 0.320 e. The molecule has 0 aromatic rings. The minimum atomic E-state index is -0.899. The van der Waals surface area contributed by atoms with Crippen LogP contribution in [0.2, 0.25) is 0 Å². The van der Waals surface area contributed by atoms with Crippen molar-refractivity contribution in [3.8, 4) is 0 Å². The molecule has 0 bridgehead atoms. The Morgan fingerprint density at radius 2 is 1.87 bits per heavy atom. The molecule has 2 saturated heterocycles. The summed E-state index contributed by atoms with van der Waals surface area (Å²) < 4.78 is 0. The van der Waals surface area contributed by atoms with Crippen molar-refractivity contribution >= 4 is 17.7 Å². The Morgan fingerprint density at radius 3 is 2.57 bits per heavy atom. The van der Waals surface area contributed by atoms with Gasteiger partial charge in [0, 0.05) is 19.0 Å². The first-order valence-electron chi connectivity index (χ1n) is 8.38. The van der Waals surface area contributed by atoms with Crippen LogP contribution >= 0.6 is 0 Å². The number of fused-ring (bicyclic) bond motifs is 1. The van der Waals surface area contributed by atoms with Gasteiger partial charge in [-0.05, 0) is 44.1 Å². The normalized spacial score (nSPS) is 38.8. The van der Waals surface area contributed by atoms with Gasteiger partial charge in [-0.3, -0.25) is 19.3 Å². The van der Waals surface area contributed by atoms with E-state index < -0.39 is 23.9 Å². The van der Waals surface area contributed by atoms with Crippen LogP contribution in [-0.2, 0) is 14.4 Å². The van der Waals surface area contributed by atoms with Crippen molar-refractivity contribution in [1.82, 2.24) is 10.2 Å². The maximum absolute atomic E-state index is 11.9. The van der Waals surface area contributed by atoms with E-state index in [1.54, 1.807) is 0 Å². The number of carboxylic acid groups (broad SMARTS) is 2. The van der Waals surface area contributed by atoms with Gasteiger partial charge in [-0.25, -0.2) is 0 Å². The molecule has 3 N–H and O–H groups in total. The van der Waals surface area contributed by atoms with Gasteiger partial charge in [0.15, 0.2) is 0 Å². The molecule has 0 amide bonds. The number of nitrogens with one attached hydrogen (secondary N) is 1. The molecule has 0 radical (unpaired) electrons. The number of rotatable bonds is 3. The molecule has 7 nitrogen and oxygen atoms in total. The Bertz CT molecular complexity index is 509. The van der Waals surface area contributed by atoms with E-state index in [0.29, 0.717) is 31.3 Å². The van der Waals surface area contributed by atoms with E-state index >= 15 is 0 Å². The van der Waals surface area contributed by atoms with Crippen LogP contribution in [0.15, 0.2) is 0 Å². The summed E-state index contributed by atoms with van der Waals surface area (Å²) in [5.74, 6) is -1.46. The minimum absolute atomic E-state index is 0.000466. The fourth-order valence-electron chi connectivity index (χ4n) is 4.48. The van der Waals surface area contributed by atoms with E-state index in [0.717, 1.165) is 25.8 Å². The summed E-state index contributed by atoms with van der Waals surface area (Å²) in [5, 5.41) is 21.5. The highest BCUT2D eigenvalue weighted by Crippen LogP contribution is 2.38. The third-order valence-electron chi connectivity index (χ3n) is 5.75. The monoisotopic (exact) mass is 324 g/mol. The lowest BCUT2D eigenvalue weighted by atomic mass is 9.71. The number of ketones is 1. The fraction of sp³-hybridized carbons (Fsp3) is 0.812. The Labute approximate surface area is 135 Å². The van der Waals surface area contributed by atoms with E-state index in [1.165, 1.54) is 0 Å². The molecular weight excluding hydrogens is 300 g/mol. The summed E-state index contributed by atoms with van der Waals surface area (Å²) in [6, 6.07) is -0.278. The Kier molecular flexibility index (Phi) is 4.68. The van der Waals surface area contributed by atoms with Gasteiger partial charge in [-0.2, -0.15) is 0 Å². The highest BCUT2D eigenvalue weighted by atomic mass is 16.4. The average molecular weight is 324 g/mol. The molecule has 0 spiro atoms. The molecule has 1 unspecified atom stereocenters. The van der Waals surface area contributed by atoms with Gasteiger partial charge >= 0.3 is 11.9 Å². The zero-order valence-electron chi connectivity index (χ0n) is 13.1. The highest BCUT2D eigenvalue weighted by molar-refractivity contribution is 5.86. The quantitative estimate of drug-likeness (QED) is 0.680. The SMILES string of the molecule is O=C1CC(C(=O)O)CN([C@H]2CC[C@H]3CN[C@H](C(=O)O)C[C@H]3C2)C1. The van der Waals surface area contributed by atoms with Crippen LogP contribution in [0, 0.1) is 17.8 Å². The number of Topliss-reactive ketones (excluding diaryl/α,β-unsaturated/α-hetero) is 1. The van der Waals surface area contributed by atoms with Gasteiger partial charge in [0.05, 0.1) is 12.5 Å². The number of aliphatic carboxylic acids is 2. The highest BCUT2D eigenvalue weighted by Gasteiger charge is 2.41. The molecule has 1 saturated carbocycles. The molecule has 3 aliphatic rings. The number of carbonyl (C=O) groups excluding carboxylic acids is 1. The van der Waals surface area contributed by atoms with Gasteiger partial charge in [-0.1, -0.05) is 0 Å². The second-order valence-electron chi connectivity index (χ2n) is 7.23. The van der Waals surface area contributed by atoms with Crippen LogP contribution in [-0.4, -0.2) is 64.6 Å². The molecule has 2 heterocycles. The second-order valence-corrected chi connectivity index (χ2v) is 7.23. The van der Waals surface area contributed by atoms with Gasteiger partial charge in [-0.15, -0.1) is 0 Å². The summed E-state index contributed by atoms with van der Waals surface area (Å²) in [6.07, 6.45) is 3.60. The maximum Gasteiger partial charge on any atom is 0.320 e. The Morgan fingerprint density at radius 1 is 1.09 bits per heavy atom. The summed E-state index contributed by atoms with van der Waals surface area (Å²) in [6.45, 7) is 1.52. The summed E-state index contributed by atoms with van der Waals surface area (Å²) in [5.41, 5.74) is 0. The molecule has 23 heavy (non-hydrogen) atoms. The van der Waals surface area contributed by atoms with E-state index in [-0.39, 0.29) is 18.2 Å². The fourth-order valence-corrected chi connectivity index (χ4v) is 4.48. The van der Waals surface area contributed by atoms with Crippen molar-refractivity contribution < 1.29 is 24.6 Å². The number of carbonyl (C=O) groups is 3.